The molecule has 0 aliphatic carbocycles. The van der Waals surface area contributed by atoms with Crippen molar-refractivity contribution in [3.05, 3.63) is 59.3 Å². The number of carbonyl (C=O) groups excluding carboxylic acids is 3. The molecular formula is C43H53F3N14O6. The number of amides is 3. The van der Waals surface area contributed by atoms with Crippen LogP contribution in [0.2, 0.25) is 0 Å². The molecule has 0 aromatic carbocycles. The molecule has 5 N–H and O–H groups in total. The number of ketones is 1. The Balaban J connectivity index is 0.841. The van der Waals surface area contributed by atoms with E-state index in [-0.39, 0.29) is 49.4 Å². The van der Waals surface area contributed by atoms with Crippen LogP contribution in [0.1, 0.15) is 56.6 Å². The highest BCUT2D eigenvalue weighted by Gasteiger charge is 2.46. The Morgan fingerprint density at radius 1 is 1.09 bits per heavy atom. The van der Waals surface area contributed by atoms with Gasteiger partial charge >= 0.3 is 12.2 Å². The Kier molecular flexibility index (Phi) is 14.4. The van der Waals surface area contributed by atoms with Gasteiger partial charge in [0.1, 0.15) is 35.5 Å². The van der Waals surface area contributed by atoms with Crippen LogP contribution in [0.4, 0.5) is 35.7 Å². The number of halogens is 3. The zero-order valence-corrected chi connectivity index (χ0v) is 37.0. The van der Waals surface area contributed by atoms with Crippen LogP contribution in [-0.4, -0.2) is 170 Å². The summed E-state index contributed by atoms with van der Waals surface area (Å²) in [7, 11) is 0. The van der Waals surface area contributed by atoms with Gasteiger partial charge in [-0.3, -0.25) is 9.59 Å². The number of pyridine rings is 1. The number of Topliss-reactive ketones (excluding diaryl/α,β-unsaturated/α-hetero) is 1. The van der Waals surface area contributed by atoms with Crippen LogP contribution in [0.15, 0.2) is 53.1 Å². The van der Waals surface area contributed by atoms with Crippen LogP contribution >= 0.6 is 0 Å². The fraction of sp³-hybridized carbons (Fsp3) is 0.535. The molecule has 4 aliphatic heterocycles. The molecule has 0 spiro atoms. The lowest BCUT2D eigenvalue weighted by molar-refractivity contribution is -0.141. The number of aromatic nitrogens is 5. The molecule has 3 fully saturated rings. The highest BCUT2D eigenvalue weighted by Crippen LogP contribution is 2.39. The average Bonchev–Trinajstić information content (AvgIpc) is 3.71. The summed E-state index contributed by atoms with van der Waals surface area (Å²) in [4.78, 5) is 72.5. The Labute approximate surface area is 379 Å². The van der Waals surface area contributed by atoms with Gasteiger partial charge in [0.2, 0.25) is 17.8 Å². The second-order valence-electron chi connectivity index (χ2n) is 17.0. The molecule has 5 atom stereocenters. The smallest absolute Gasteiger partial charge is 0.388 e. The van der Waals surface area contributed by atoms with Gasteiger partial charge in [-0.05, 0) is 57.4 Å². The van der Waals surface area contributed by atoms with Gasteiger partial charge in [0.15, 0.2) is 5.78 Å². The summed E-state index contributed by atoms with van der Waals surface area (Å²) in [5.41, 5.74) is 0.736. The summed E-state index contributed by atoms with van der Waals surface area (Å²) < 4.78 is 44.7. The van der Waals surface area contributed by atoms with E-state index in [1.807, 2.05) is 42.4 Å². The standard InChI is InChI=1S/C43H53F3N14O6/c1-5-10-49-30(16-47)25(2)21-60-38-28(37(64)42(60,3)4)7-8-29(54-38)26-17-52-40(53-18-26)57-14-15-59-27(22-57)23-58(41(59)65)13-6-11-50-34(61)20-48-19-32-36(63)35(62)31(24-66-32)55-39-51-12-9-33(56-39)43(44,45)46/h7-10,12,17-18,27,31-32,35-36,48,62-63H,5-6,11,13-15,19-24H2,1-4H3,(H,50,61)(H,51,55,56)/b30-25+,49-10-/t27-,31-,32+,35+,36-/m0/s1. The number of allylic oxidation sites excluding steroid dienone is 1. The van der Waals surface area contributed by atoms with E-state index in [0.717, 1.165) is 11.8 Å². The van der Waals surface area contributed by atoms with E-state index in [1.165, 1.54) is 0 Å². The number of piperazine rings is 1. The van der Waals surface area contributed by atoms with Gasteiger partial charge in [-0.25, -0.2) is 34.7 Å². The first kappa shape index (κ1) is 47.6. The van der Waals surface area contributed by atoms with Crippen molar-refractivity contribution in [2.75, 3.05) is 80.6 Å². The molecule has 66 heavy (non-hydrogen) atoms. The van der Waals surface area contributed by atoms with Crippen molar-refractivity contribution >= 4 is 41.7 Å². The number of alkyl halides is 3. The maximum absolute atomic E-state index is 13.4. The van der Waals surface area contributed by atoms with Crippen molar-refractivity contribution < 1.29 is 42.5 Å². The predicted molar refractivity (Wildman–Crippen MR) is 234 cm³/mol. The highest BCUT2D eigenvalue weighted by molar-refractivity contribution is 6.13. The quantitative estimate of drug-likeness (QED) is 0.0784. The Hall–Kier alpha value is -6.35. The minimum Gasteiger partial charge on any atom is -0.388 e. The number of aliphatic hydroxyl groups excluding tert-OH is 2. The number of hydrogen-bond acceptors (Lipinski definition) is 17. The first-order valence-electron chi connectivity index (χ1n) is 21.7. The molecule has 3 amide bonds. The summed E-state index contributed by atoms with van der Waals surface area (Å²) in [6, 6.07) is 5.28. The second kappa shape index (κ2) is 20.0. The molecule has 4 aliphatic rings. The highest BCUT2D eigenvalue weighted by atomic mass is 19.4. The topological polar surface area (TPSA) is 251 Å². The van der Waals surface area contributed by atoms with E-state index in [9.17, 15) is 43.0 Å². The maximum atomic E-state index is 13.4. The molecule has 0 bridgehead atoms. The molecule has 352 valence electrons. The SMILES string of the molecule is CC/C=N\C(C#N)=C(/C)CN1c2nc(-c3cnc(N4CCN5C(=O)N(CCCNC(=O)CNC[C@H]6OC[C@H](Nc7nccc(C(F)(F)F)n7)[C@@H](O)[C@H]6O)C[C@@H]5C4)nc3)ccc2C(=O)C1(C)C. The predicted octanol–water partition coefficient (Wildman–Crippen LogP) is 2.03. The van der Waals surface area contributed by atoms with E-state index < -0.39 is 41.8 Å². The fourth-order valence-electron chi connectivity index (χ4n) is 8.30. The van der Waals surface area contributed by atoms with Crippen LogP contribution in [-0.2, 0) is 15.7 Å². The molecule has 0 saturated carbocycles. The summed E-state index contributed by atoms with van der Waals surface area (Å²) in [5.74, 6) is 0.271. The number of ether oxygens (including phenoxy) is 1. The Bertz CT molecular complexity index is 2380. The number of nitrogens with one attached hydrogen (secondary N) is 3. The first-order valence-corrected chi connectivity index (χ1v) is 21.7. The van der Waals surface area contributed by atoms with E-state index in [2.05, 4.69) is 46.9 Å². The molecule has 3 saturated heterocycles. The van der Waals surface area contributed by atoms with Crippen LogP contribution in [0, 0.1) is 11.3 Å². The Morgan fingerprint density at radius 2 is 1.86 bits per heavy atom. The third kappa shape index (κ3) is 10.4. The largest absolute Gasteiger partial charge is 0.433 e. The van der Waals surface area contributed by atoms with Gasteiger partial charge in [-0.1, -0.05) is 6.92 Å². The molecule has 0 unspecified atom stereocenters. The molecule has 20 nitrogen and oxygen atoms in total. The van der Waals surface area contributed by atoms with Gasteiger partial charge in [-0.2, -0.15) is 18.4 Å². The second-order valence-corrected chi connectivity index (χ2v) is 17.0. The monoisotopic (exact) mass is 918 g/mol. The van der Waals surface area contributed by atoms with Crippen LogP contribution in [0.3, 0.4) is 0 Å². The number of anilines is 3. The molecule has 3 aromatic heterocycles. The van der Waals surface area contributed by atoms with Crippen molar-refractivity contribution in [2.24, 2.45) is 4.99 Å². The molecule has 3 aromatic rings. The number of nitriles is 1. The summed E-state index contributed by atoms with van der Waals surface area (Å²) >= 11 is 0. The molecule has 23 heteroatoms. The minimum atomic E-state index is -4.68. The number of aliphatic hydroxyl groups is 2. The van der Waals surface area contributed by atoms with Crippen molar-refractivity contribution in [1.29, 1.82) is 5.26 Å². The van der Waals surface area contributed by atoms with Crippen LogP contribution in [0.25, 0.3) is 11.3 Å². The number of aliphatic imine (C=N–C) groups is 1. The van der Waals surface area contributed by atoms with E-state index >= 15 is 0 Å². The number of nitrogens with zero attached hydrogens (tertiary/aromatic N) is 11. The lowest BCUT2D eigenvalue weighted by Crippen LogP contribution is -2.58. The van der Waals surface area contributed by atoms with Crippen molar-refractivity contribution in [1.82, 2.24) is 45.4 Å². The third-order valence-corrected chi connectivity index (χ3v) is 12.0. The number of urea groups is 1. The van der Waals surface area contributed by atoms with Gasteiger partial charge in [0, 0.05) is 82.7 Å². The van der Waals surface area contributed by atoms with Crippen molar-refractivity contribution in [3.8, 4) is 17.3 Å². The van der Waals surface area contributed by atoms with Crippen molar-refractivity contribution in [2.45, 2.75) is 82.6 Å². The number of fused-ring (bicyclic) bond motifs is 2. The molecular weight excluding hydrogens is 866 g/mol. The third-order valence-electron chi connectivity index (χ3n) is 12.0. The normalized spacial score (nSPS) is 23.2. The van der Waals surface area contributed by atoms with E-state index in [1.54, 1.807) is 35.6 Å². The van der Waals surface area contributed by atoms with Gasteiger partial charge in [-0.15, -0.1) is 0 Å². The van der Waals surface area contributed by atoms with Crippen LogP contribution < -0.4 is 25.8 Å². The van der Waals surface area contributed by atoms with Crippen molar-refractivity contribution in [3.63, 3.8) is 0 Å². The minimum absolute atomic E-state index is 0.0109. The van der Waals surface area contributed by atoms with Gasteiger partial charge in [0.05, 0.1) is 48.1 Å². The molecule has 7 rings (SSSR count). The Morgan fingerprint density at radius 3 is 2.59 bits per heavy atom. The summed E-state index contributed by atoms with van der Waals surface area (Å²) in [6.45, 7) is 10.3. The summed E-state index contributed by atoms with van der Waals surface area (Å²) in [6.07, 6.45) is -1.20. The number of rotatable bonds is 16. The molecule has 0 radical (unpaired) electrons. The van der Waals surface area contributed by atoms with Gasteiger partial charge < -0.3 is 50.5 Å². The average molecular weight is 919 g/mol. The van der Waals surface area contributed by atoms with E-state index in [4.69, 9.17) is 9.72 Å². The number of hydrogen-bond donors (Lipinski definition) is 5. The summed E-state index contributed by atoms with van der Waals surface area (Å²) in [5, 5.41) is 39.1. The zero-order valence-electron chi connectivity index (χ0n) is 37.0. The molecule has 7 heterocycles. The maximum Gasteiger partial charge on any atom is 0.433 e. The van der Waals surface area contributed by atoms with Crippen LogP contribution in [0.5, 0.6) is 0 Å². The lowest BCUT2D eigenvalue weighted by atomic mass is 9.97. The van der Waals surface area contributed by atoms with Gasteiger partial charge in [0.25, 0.3) is 0 Å². The zero-order chi connectivity index (χ0) is 47.3. The lowest BCUT2D eigenvalue weighted by Gasteiger charge is -2.38. The van der Waals surface area contributed by atoms with E-state index in [0.29, 0.717) is 99.0 Å². The first-order chi connectivity index (χ1) is 31.5. The number of carbonyl (C=O) groups is 3. The fourth-order valence-corrected chi connectivity index (χ4v) is 8.30.